The first kappa shape index (κ1) is 19.2. The fourth-order valence-electron chi connectivity index (χ4n) is 3.24. The molecule has 0 atom stereocenters. The molecule has 0 spiro atoms. The highest BCUT2D eigenvalue weighted by atomic mass is 16.5. The molecule has 0 unspecified atom stereocenters. The average Bonchev–Trinajstić information content (AvgIpc) is 3.29. The number of methoxy groups -OCH3 is 2. The standard InChI is InChI=1S/C23H19N3O4/c1-29-21-8-4-7-19(22(21)30-2)15-9-11-16(12-10-15)20-14-26(25-24-20)18-6-3-5-17(13-18)23(27)28/h3-14H,1-2H3,(H,27,28). The number of aromatic nitrogens is 3. The monoisotopic (exact) mass is 401 g/mol. The minimum atomic E-state index is -0.985. The number of hydrogen-bond acceptors (Lipinski definition) is 5. The summed E-state index contributed by atoms with van der Waals surface area (Å²) < 4.78 is 12.5. The quantitative estimate of drug-likeness (QED) is 0.518. The Hall–Kier alpha value is -4.13. The second-order valence-corrected chi connectivity index (χ2v) is 6.52. The maximum atomic E-state index is 11.2. The summed E-state index contributed by atoms with van der Waals surface area (Å²) in [6.45, 7) is 0. The van der Waals surface area contributed by atoms with Gasteiger partial charge in [-0.25, -0.2) is 9.48 Å². The van der Waals surface area contributed by atoms with Crippen molar-refractivity contribution >= 4 is 5.97 Å². The molecule has 150 valence electrons. The van der Waals surface area contributed by atoms with E-state index in [1.54, 1.807) is 43.3 Å². The van der Waals surface area contributed by atoms with Crippen LogP contribution in [-0.2, 0) is 0 Å². The zero-order valence-corrected chi connectivity index (χ0v) is 16.4. The van der Waals surface area contributed by atoms with Crippen molar-refractivity contribution in [3.05, 3.63) is 78.5 Å². The van der Waals surface area contributed by atoms with Gasteiger partial charge in [-0.1, -0.05) is 47.7 Å². The SMILES string of the molecule is COc1cccc(-c2ccc(-c3cn(-c4cccc(C(=O)O)c4)nn3)cc2)c1OC. The highest BCUT2D eigenvalue weighted by Gasteiger charge is 2.12. The molecule has 1 aromatic heterocycles. The van der Waals surface area contributed by atoms with Crippen LogP contribution in [0, 0.1) is 0 Å². The Morgan fingerprint density at radius 2 is 1.67 bits per heavy atom. The molecule has 3 aromatic carbocycles. The van der Waals surface area contributed by atoms with Crippen molar-refractivity contribution in [2.75, 3.05) is 14.2 Å². The van der Waals surface area contributed by atoms with E-state index in [0.29, 0.717) is 22.9 Å². The van der Waals surface area contributed by atoms with Crippen LogP contribution in [0.4, 0.5) is 0 Å². The number of carbonyl (C=O) groups is 1. The molecule has 0 aliphatic carbocycles. The number of carboxylic acid groups (broad SMARTS) is 1. The fraction of sp³-hybridized carbons (Fsp3) is 0.0870. The van der Waals surface area contributed by atoms with Gasteiger partial charge in [0.05, 0.1) is 31.7 Å². The number of para-hydroxylation sites is 1. The van der Waals surface area contributed by atoms with Crippen LogP contribution in [0.1, 0.15) is 10.4 Å². The fourth-order valence-corrected chi connectivity index (χ4v) is 3.24. The molecule has 7 heteroatoms. The van der Waals surface area contributed by atoms with Gasteiger partial charge in [-0.15, -0.1) is 5.10 Å². The van der Waals surface area contributed by atoms with Gasteiger partial charge >= 0.3 is 5.97 Å². The second-order valence-electron chi connectivity index (χ2n) is 6.52. The Morgan fingerprint density at radius 3 is 2.37 bits per heavy atom. The summed E-state index contributed by atoms with van der Waals surface area (Å²) in [6, 6.07) is 20.2. The van der Waals surface area contributed by atoms with Crippen LogP contribution in [0.25, 0.3) is 28.1 Å². The third-order valence-corrected chi connectivity index (χ3v) is 4.75. The van der Waals surface area contributed by atoms with Gasteiger partial charge in [0.1, 0.15) is 5.69 Å². The second kappa shape index (κ2) is 8.08. The zero-order chi connectivity index (χ0) is 21.1. The normalized spacial score (nSPS) is 10.6. The molecule has 0 bridgehead atoms. The number of carboxylic acids is 1. The van der Waals surface area contributed by atoms with Crippen molar-refractivity contribution < 1.29 is 19.4 Å². The number of aromatic carboxylic acids is 1. The molecule has 0 saturated carbocycles. The van der Waals surface area contributed by atoms with Crippen LogP contribution in [0.5, 0.6) is 11.5 Å². The van der Waals surface area contributed by atoms with Gasteiger partial charge in [0, 0.05) is 11.1 Å². The molecule has 1 heterocycles. The van der Waals surface area contributed by atoms with E-state index in [1.807, 2.05) is 42.5 Å². The molecular formula is C23H19N3O4. The summed E-state index contributed by atoms with van der Waals surface area (Å²) >= 11 is 0. The molecule has 4 aromatic rings. The van der Waals surface area contributed by atoms with Crippen molar-refractivity contribution in [1.29, 1.82) is 0 Å². The number of nitrogens with zero attached hydrogens (tertiary/aromatic N) is 3. The minimum absolute atomic E-state index is 0.195. The molecule has 0 fully saturated rings. The van der Waals surface area contributed by atoms with Crippen LogP contribution in [0.2, 0.25) is 0 Å². The van der Waals surface area contributed by atoms with Crippen LogP contribution >= 0.6 is 0 Å². The lowest BCUT2D eigenvalue weighted by atomic mass is 10.0. The van der Waals surface area contributed by atoms with Crippen molar-refractivity contribution in [3.8, 4) is 39.6 Å². The first-order valence-electron chi connectivity index (χ1n) is 9.18. The Kier molecular flexibility index (Phi) is 5.17. The van der Waals surface area contributed by atoms with Crippen LogP contribution in [0.3, 0.4) is 0 Å². The number of benzene rings is 3. The summed E-state index contributed by atoms with van der Waals surface area (Å²) in [4.78, 5) is 11.2. The van der Waals surface area contributed by atoms with Crippen molar-refractivity contribution in [3.63, 3.8) is 0 Å². The molecule has 0 radical (unpaired) electrons. The Bertz CT molecular complexity index is 1200. The summed E-state index contributed by atoms with van der Waals surface area (Å²) in [5.41, 5.74) is 4.31. The lowest BCUT2D eigenvalue weighted by molar-refractivity contribution is 0.0697. The minimum Gasteiger partial charge on any atom is -0.493 e. The van der Waals surface area contributed by atoms with E-state index in [2.05, 4.69) is 10.3 Å². The molecule has 0 saturated heterocycles. The van der Waals surface area contributed by atoms with E-state index >= 15 is 0 Å². The third kappa shape index (κ3) is 3.60. The average molecular weight is 401 g/mol. The Labute approximate surface area is 173 Å². The smallest absolute Gasteiger partial charge is 0.335 e. The van der Waals surface area contributed by atoms with Gasteiger partial charge in [0.25, 0.3) is 0 Å². The van der Waals surface area contributed by atoms with E-state index in [0.717, 1.165) is 16.7 Å². The first-order valence-corrected chi connectivity index (χ1v) is 9.18. The predicted molar refractivity (Wildman–Crippen MR) is 112 cm³/mol. The molecule has 1 N–H and O–H groups in total. The van der Waals surface area contributed by atoms with E-state index < -0.39 is 5.97 Å². The zero-order valence-electron chi connectivity index (χ0n) is 16.4. The van der Waals surface area contributed by atoms with Crippen molar-refractivity contribution in [2.45, 2.75) is 0 Å². The molecule has 4 rings (SSSR count). The topological polar surface area (TPSA) is 86.5 Å². The highest BCUT2D eigenvalue weighted by molar-refractivity contribution is 5.88. The molecule has 0 aliphatic heterocycles. The Morgan fingerprint density at radius 1 is 0.933 bits per heavy atom. The molecule has 0 aliphatic rings. The van der Waals surface area contributed by atoms with Gasteiger partial charge < -0.3 is 14.6 Å². The molecule has 30 heavy (non-hydrogen) atoms. The van der Waals surface area contributed by atoms with Gasteiger partial charge in [-0.2, -0.15) is 0 Å². The summed E-state index contributed by atoms with van der Waals surface area (Å²) in [5, 5.41) is 17.5. The van der Waals surface area contributed by atoms with Crippen molar-refractivity contribution in [1.82, 2.24) is 15.0 Å². The van der Waals surface area contributed by atoms with E-state index in [9.17, 15) is 4.79 Å². The maximum Gasteiger partial charge on any atom is 0.335 e. The van der Waals surface area contributed by atoms with Gasteiger partial charge in [0.2, 0.25) is 0 Å². The molecular weight excluding hydrogens is 382 g/mol. The number of rotatable bonds is 6. The third-order valence-electron chi connectivity index (χ3n) is 4.75. The van der Waals surface area contributed by atoms with E-state index in [-0.39, 0.29) is 5.56 Å². The van der Waals surface area contributed by atoms with Crippen molar-refractivity contribution in [2.24, 2.45) is 0 Å². The van der Waals surface area contributed by atoms with Crippen LogP contribution in [-0.4, -0.2) is 40.3 Å². The van der Waals surface area contributed by atoms with Gasteiger partial charge in [0.15, 0.2) is 11.5 Å². The summed E-state index contributed by atoms with van der Waals surface area (Å²) in [5.74, 6) is 0.364. The van der Waals surface area contributed by atoms with E-state index in [4.69, 9.17) is 14.6 Å². The van der Waals surface area contributed by atoms with Crippen LogP contribution < -0.4 is 9.47 Å². The lowest BCUT2D eigenvalue weighted by Crippen LogP contribution is -2.00. The predicted octanol–water partition coefficient (Wildman–Crippen LogP) is 4.32. The lowest BCUT2D eigenvalue weighted by Gasteiger charge is -2.12. The molecule has 7 nitrogen and oxygen atoms in total. The highest BCUT2D eigenvalue weighted by Crippen LogP contribution is 2.38. The van der Waals surface area contributed by atoms with E-state index in [1.165, 1.54) is 6.07 Å². The first-order chi connectivity index (χ1) is 14.6. The largest absolute Gasteiger partial charge is 0.493 e. The van der Waals surface area contributed by atoms with Gasteiger partial charge in [-0.05, 0) is 29.8 Å². The maximum absolute atomic E-state index is 11.2. The number of ether oxygens (including phenoxy) is 2. The molecule has 0 amide bonds. The number of hydrogen-bond donors (Lipinski definition) is 1. The van der Waals surface area contributed by atoms with Crippen LogP contribution in [0.15, 0.2) is 72.9 Å². The Balaban J connectivity index is 1.64. The summed E-state index contributed by atoms with van der Waals surface area (Å²) in [6.07, 6.45) is 1.77. The van der Waals surface area contributed by atoms with Gasteiger partial charge in [-0.3, -0.25) is 0 Å². The summed E-state index contributed by atoms with van der Waals surface area (Å²) in [7, 11) is 3.23.